The Kier molecular flexibility index (Phi) is 10.8. The molecule has 278 valence electrons. The molecule has 0 spiro atoms. The second kappa shape index (κ2) is 15.8. The van der Waals surface area contributed by atoms with Gasteiger partial charge in [-0.1, -0.05) is 54.1 Å². The minimum atomic E-state index is -0.157. The number of amides is 2. The van der Waals surface area contributed by atoms with Crippen molar-refractivity contribution in [1.29, 1.82) is 0 Å². The molecule has 0 atom stereocenters. The van der Waals surface area contributed by atoms with Gasteiger partial charge in [0.1, 0.15) is 22.9 Å². The van der Waals surface area contributed by atoms with Gasteiger partial charge in [-0.05, 0) is 113 Å². The maximum atomic E-state index is 14.4. The van der Waals surface area contributed by atoms with Gasteiger partial charge < -0.3 is 24.7 Å². The molecule has 1 aliphatic rings. The van der Waals surface area contributed by atoms with E-state index in [2.05, 4.69) is 40.5 Å². The van der Waals surface area contributed by atoms with Crippen molar-refractivity contribution in [2.24, 2.45) is 7.05 Å². The maximum Gasteiger partial charge on any atom is 0.270 e. The monoisotopic (exact) mass is 743 g/mol. The van der Waals surface area contributed by atoms with E-state index in [-0.39, 0.29) is 17.9 Å². The highest BCUT2D eigenvalue weighted by Gasteiger charge is 2.29. The number of H-pyrrole nitrogens is 1. The van der Waals surface area contributed by atoms with Crippen LogP contribution in [0.1, 0.15) is 68.2 Å². The Balaban J connectivity index is 1.07. The predicted octanol–water partition coefficient (Wildman–Crippen LogP) is 9.29. The first-order valence-corrected chi connectivity index (χ1v) is 18.9. The van der Waals surface area contributed by atoms with E-state index in [4.69, 9.17) is 21.1 Å². The van der Waals surface area contributed by atoms with Gasteiger partial charge in [-0.15, -0.1) is 0 Å². The summed E-state index contributed by atoms with van der Waals surface area (Å²) >= 11 is 6.38. The van der Waals surface area contributed by atoms with Crippen molar-refractivity contribution < 1.29 is 19.1 Å². The Bertz CT molecular complexity index is 2300. The van der Waals surface area contributed by atoms with Crippen molar-refractivity contribution >= 4 is 34.3 Å². The number of carbonyl (C=O) groups is 2. The average Bonchev–Trinajstić information content (AvgIpc) is 3.67. The Labute approximate surface area is 321 Å². The average molecular weight is 744 g/mol. The molecule has 2 N–H and O–H groups in total. The lowest BCUT2D eigenvalue weighted by molar-refractivity contribution is 0.0692. The van der Waals surface area contributed by atoms with Crippen LogP contribution in [0.4, 0.5) is 0 Å². The number of piperidine rings is 1. The summed E-state index contributed by atoms with van der Waals surface area (Å²) < 4.78 is 14.0. The third kappa shape index (κ3) is 7.73. The quantitative estimate of drug-likeness (QED) is 0.129. The van der Waals surface area contributed by atoms with E-state index >= 15 is 0 Å². The van der Waals surface area contributed by atoms with Crippen LogP contribution >= 0.6 is 11.6 Å². The van der Waals surface area contributed by atoms with Crippen LogP contribution in [0.15, 0.2) is 84.9 Å². The Morgan fingerprint density at radius 3 is 2.30 bits per heavy atom. The number of ether oxygens (including phenoxy) is 2. The van der Waals surface area contributed by atoms with Crippen LogP contribution in [0, 0.1) is 27.7 Å². The number of carbonyl (C=O) groups excluding carboxylic acids is 2. The standard InChI is InChI=1S/C44H46ClN5O4/c1-27-24-35(25-28(2)40(27)45)53-23-11-18-37-36-16-10-17-38(39-29(3)48-49(5)30(39)4)41(36)47-42(37)44(52)50-21-19-32(20-22-50)46-43(51)31-12-9-15-34(26-31)54-33-13-7-6-8-14-33/h6-10,12-17,24-26,32,47H,11,18-23H2,1-5H3,(H,46,51). The summed E-state index contributed by atoms with van der Waals surface area (Å²) in [6.45, 7) is 9.60. The van der Waals surface area contributed by atoms with E-state index < -0.39 is 0 Å². The van der Waals surface area contributed by atoms with Crippen LogP contribution in [0.5, 0.6) is 17.2 Å². The van der Waals surface area contributed by atoms with E-state index in [1.54, 1.807) is 12.1 Å². The molecule has 9 nitrogen and oxygen atoms in total. The lowest BCUT2D eigenvalue weighted by Crippen LogP contribution is -2.46. The topological polar surface area (TPSA) is 101 Å². The lowest BCUT2D eigenvalue weighted by atomic mass is 9.98. The van der Waals surface area contributed by atoms with Gasteiger partial charge >= 0.3 is 0 Å². The van der Waals surface area contributed by atoms with Gasteiger partial charge in [0.25, 0.3) is 11.8 Å². The van der Waals surface area contributed by atoms with Gasteiger partial charge in [0.2, 0.25) is 0 Å². The number of hydrogen-bond donors (Lipinski definition) is 2. The SMILES string of the molecule is Cc1cc(OCCCc2c(C(=O)N3CCC(NC(=O)c4cccc(Oc5ccccc5)c4)CC3)[nH]c3c(-c4c(C)nn(C)c4C)cccc23)cc(C)c1Cl. The van der Waals surface area contributed by atoms with Crippen LogP contribution in [-0.2, 0) is 13.5 Å². The number of fused-ring (bicyclic) bond motifs is 1. The fourth-order valence-electron chi connectivity index (χ4n) is 7.50. The zero-order chi connectivity index (χ0) is 37.9. The fourth-order valence-corrected chi connectivity index (χ4v) is 7.60. The second-order valence-corrected chi connectivity index (χ2v) is 14.6. The highest BCUT2D eigenvalue weighted by molar-refractivity contribution is 6.32. The predicted molar refractivity (Wildman–Crippen MR) is 214 cm³/mol. The molecule has 6 aromatic rings. The minimum absolute atomic E-state index is 0.0350. The smallest absolute Gasteiger partial charge is 0.270 e. The van der Waals surface area contributed by atoms with Crippen LogP contribution < -0.4 is 14.8 Å². The Morgan fingerprint density at radius 2 is 1.59 bits per heavy atom. The largest absolute Gasteiger partial charge is 0.494 e. The molecule has 3 heterocycles. The minimum Gasteiger partial charge on any atom is -0.494 e. The van der Waals surface area contributed by atoms with Gasteiger partial charge in [-0.25, -0.2) is 0 Å². The summed E-state index contributed by atoms with van der Waals surface area (Å²) in [7, 11) is 1.95. The first kappa shape index (κ1) is 36.8. The van der Waals surface area contributed by atoms with E-state index in [0.29, 0.717) is 61.7 Å². The molecule has 0 unspecified atom stereocenters. The molecule has 4 aromatic carbocycles. The Hall–Kier alpha value is -5.54. The van der Waals surface area contributed by atoms with Crippen molar-refractivity contribution in [2.45, 2.75) is 59.4 Å². The summed E-state index contributed by atoms with van der Waals surface area (Å²) in [5.74, 6) is 1.91. The van der Waals surface area contributed by atoms with Crippen molar-refractivity contribution in [1.82, 2.24) is 25.0 Å². The molecule has 2 amide bonds. The number of benzene rings is 4. The number of hydrogen-bond acceptors (Lipinski definition) is 5. The van der Waals surface area contributed by atoms with Crippen molar-refractivity contribution in [3.63, 3.8) is 0 Å². The number of likely N-dealkylation sites (tertiary alicyclic amines) is 1. The fraction of sp³-hybridized carbons (Fsp3) is 0.295. The molecule has 54 heavy (non-hydrogen) atoms. The molecule has 1 fully saturated rings. The normalized spacial score (nSPS) is 13.3. The van der Waals surface area contributed by atoms with E-state index in [1.165, 1.54) is 0 Å². The highest BCUT2D eigenvalue weighted by atomic mass is 35.5. The number of para-hydroxylation sites is 2. The first-order chi connectivity index (χ1) is 26.1. The molecule has 1 saturated heterocycles. The number of halogens is 1. The number of nitrogens with one attached hydrogen (secondary N) is 2. The molecule has 0 aliphatic carbocycles. The van der Waals surface area contributed by atoms with Gasteiger partial charge in [0.15, 0.2) is 0 Å². The zero-order valence-electron chi connectivity index (χ0n) is 31.5. The van der Waals surface area contributed by atoms with Crippen molar-refractivity contribution in [2.75, 3.05) is 19.7 Å². The van der Waals surface area contributed by atoms with Crippen LogP contribution in [0.25, 0.3) is 22.0 Å². The number of nitrogens with zero attached hydrogens (tertiary/aromatic N) is 3. The number of aromatic amines is 1. The maximum absolute atomic E-state index is 14.4. The number of aromatic nitrogens is 3. The molecule has 10 heteroatoms. The van der Waals surface area contributed by atoms with Crippen LogP contribution in [0.3, 0.4) is 0 Å². The lowest BCUT2D eigenvalue weighted by Gasteiger charge is -2.32. The third-order valence-corrected chi connectivity index (χ3v) is 11.0. The highest BCUT2D eigenvalue weighted by Crippen LogP contribution is 2.36. The number of rotatable bonds is 11. The van der Waals surface area contributed by atoms with Gasteiger partial charge in [0.05, 0.1) is 17.8 Å². The summed E-state index contributed by atoms with van der Waals surface area (Å²) in [5.41, 5.74) is 9.11. The van der Waals surface area contributed by atoms with E-state index in [9.17, 15) is 9.59 Å². The molecule has 1 aliphatic heterocycles. The molecular formula is C44H46ClN5O4. The third-order valence-electron chi connectivity index (χ3n) is 10.4. The van der Waals surface area contributed by atoms with E-state index in [0.717, 1.165) is 67.3 Å². The summed E-state index contributed by atoms with van der Waals surface area (Å²) in [4.78, 5) is 33.2. The van der Waals surface area contributed by atoms with E-state index in [1.807, 2.05) is 92.0 Å². The van der Waals surface area contributed by atoms with Gasteiger partial charge in [0, 0.05) is 59.0 Å². The molecule has 0 radical (unpaired) electrons. The summed E-state index contributed by atoms with van der Waals surface area (Å²) in [6, 6.07) is 26.8. The second-order valence-electron chi connectivity index (χ2n) is 14.2. The summed E-state index contributed by atoms with van der Waals surface area (Å²) in [5, 5.41) is 9.64. The van der Waals surface area contributed by atoms with Crippen LogP contribution in [0.2, 0.25) is 5.02 Å². The van der Waals surface area contributed by atoms with Crippen molar-refractivity contribution in [3.05, 3.63) is 129 Å². The van der Waals surface area contributed by atoms with Gasteiger partial charge in [-0.2, -0.15) is 5.10 Å². The summed E-state index contributed by atoms with van der Waals surface area (Å²) in [6.07, 6.45) is 2.68. The van der Waals surface area contributed by atoms with Crippen LogP contribution in [-0.4, -0.2) is 57.2 Å². The zero-order valence-corrected chi connectivity index (χ0v) is 32.2. The number of aryl methyl sites for hydroxylation is 5. The molecule has 0 bridgehead atoms. The molecule has 2 aromatic heterocycles. The first-order valence-electron chi connectivity index (χ1n) is 18.5. The Morgan fingerprint density at radius 1 is 0.889 bits per heavy atom. The molecular weight excluding hydrogens is 698 g/mol. The molecule has 7 rings (SSSR count). The van der Waals surface area contributed by atoms with Gasteiger partial charge in [-0.3, -0.25) is 14.3 Å². The molecule has 0 saturated carbocycles. The van der Waals surface area contributed by atoms with Crippen molar-refractivity contribution in [3.8, 4) is 28.4 Å².